The molecule has 0 spiro atoms. The van der Waals surface area contributed by atoms with Crippen LogP contribution in [0.1, 0.15) is 33.3 Å². The third-order valence-corrected chi connectivity index (χ3v) is 5.34. The van der Waals surface area contributed by atoms with Crippen LogP contribution in [0.2, 0.25) is 0 Å². The minimum atomic E-state index is -3.52. The van der Waals surface area contributed by atoms with Crippen molar-refractivity contribution in [2.75, 3.05) is 20.2 Å². The minimum Gasteiger partial charge on any atom is -0.495 e. The van der Waals surface area contributed by atoms with Crippen LogP contribution in [0, 0.1) is 0 Å². The van der Waals surface area contributed by atoms with E-state index in [1.54, 1.807) is 12.1 Å². The molecule has 0 saturated carbocycles. The van der Waals surface area contributed by atoms with Crippen molar-refractivity contribution in [3.8, 4) is 5.75 Å². The molecule has 0 radical (unpaired) electrons. The van der Waals surface area contributed by atoms with Crippen molar-refractivity contribution in [3.05, 3.63) is 23.8 Å². The van der Waals surface area contributed by atoms with Gasteiger partial charge in [-0.1, -0.05) is 33.8 Å². The number of nitrogens with one attached hydrogen (secondary N) is 1. The maximum Gasteiger partial charge on any atom is 0.246 e. The van der Waals surface area contributed by atoms with Gasteiger partial charge in [-0.3, -0.25) is 0 Å². The molecule has 6 heteroatoms. The van der Waals surface area contributed by atoms with Gasteiger partial charge < -0.3 is 10.1 Å². The van der Waals surface area contributed by atoms with Crippen molar-refractivity contribution in [2.24, 2.45) is 0 Å². The predicted octanol–water partition coefficient (Wildman–Crippen LogP) is 2.22. The van der Waals surface area contributed by atoms with E-state index in [0.29, 0.717) is 31.4 Å². The van der Waals surface area contributed by atoms with Crippen LogP contribution < -0.4 is 10.1 Å². The zero-order valence-electron chi connectivity index (χ0n) is 13.5. The molecule has 0 aliphatic rings. The zero-order valence-corrected chi connectivity index (χ0v) is 14.3. The number of methoxy groups -OCH3 is 1. The molecule has 0 aliphatic carbocycles. The van der Waals surface area contributed by atoms with Crippen LogP contribution in [-0.4, -0.2) is 39.0 Å². The third kappa shape index (κ3) is 4.43. The number of nitrogens with zero attached hydrogens (tertiary/aromatic N) is 1. The molecule has 0 aliphatic heterocycles. The Balaban J connectivity index is 3.22. The van der Waals surface area contributed by atoms with Crippen LogP contribution >= 0.6 is 0 Å². The van der Waals surface area contributed by atoms with Crippen LogP contribution in [0.3, 0.4) is 0 Å². The summed E-state index contributed by atoms with van der Waals surface area (Å²) in [5, 5.41) is 3.29. The summed E-state index contributed by atoms with van der Waals surface area (Å²) in [6, 6.07) is 5.64. The maximum absolute atomic E-state index is 12.7. The fourth-order valence-electron chi connectivity index (χ4n) is 2.06. The number of hydrogen-bond acceptors (Lipinski definition) is 4. The summed E-state index contributed by atoms with van der Waals surface area (Å²) < 4.78 is 32.0. The van der Waals surface area contributed by atoms with E-state index in [9.17, 15) is 8.42 Å². The second-order valence-corrected chi connectivity index (χ2v) is 7.02. The van der Waals surface area contributed by atoms with Gasteiger partial charge in [-0.25, -0.2) is 8.42 Å². The summed E-state index contributed by atoms with van der Waals surface area (Å²) in [6.07, 6.45) is 0. The summed E-state index contributed by atoms with van der Waals surface area (Å²) in [5.41, 5.74) is 0.926. The molecule has 21 heavy (non-hydrogen) atoms. The Hall–Kier alpha value is -1.11. The van der Waals surface area contributed by atoms with Gasteiger partial charge in [0.25, 0.3) is 0 Å². The second-order valence-electron chi connectivity index (χ2n) is 5.11. The average molecular weight is 314 g/mol. The van der Waals surface area contributed by atoms with Crippen molar-refractivity contribution >= 4 is 10.0 Å². The highest BCUT2D eigenvalue weighted by molar-refractivity contribution is 7.89. The fourth-order valence-corrected chi connectivity index (χ4v) is 3.72. The highest BCUT2D eigenvalue weighted by Gasteiger charge is 2.25. The van der Waals surface area contributed by atoms with Gasteiger partial charge in [0.2, 0.25) is 10.0 Å². The summed E-state index contributed by atoms with van der Waals surface area (Å²) in [7, 11) is -2.04. The SMILES string of the molecule is CCN(CC)S(=O)(=O)c1cc(CNC(C)C)ccc1OC. The first kappa shape index (κ1) is 17.9. The van der Waals surface area contributed by atoms with Gasteiger partial charge in [-0.15, -0.1) is 0 Å². The molecule has 1 N–H and O–H groups in total. The number of hydrogen-bond donors (Lipinski definition) is 1. The Morgan fingerprint density at radius 3 is 2.33 bits per heavy atom. The van der Waals surface area contributed by atoms with Gasteiger partial charge in [0.15, 0.2) is 0 Å². The van der Waals surface area contributed by atoms with E-state index in [2.05, 4.69) is 19.2 Å². The molecule has 120 valence electrons. The molecular weight excluding hydrogens is 288 g/mol. The molecule has 0 atom stereocenters. The van der Waals surface area contributed by atoms with E-state index in [-0.39, 0.29) is 4.90 Å². The van der Waals surface area contributed by atoms with Crippen LogP contribution in [0.5, 0.6) is 5.75 Å². The lowest BCUT2D eigenvalue weighted by molar-refractivity contribution is 0.395. The van der Waals surface area contributed by atoms with Crippen molar-refractivity contribution < 1.29 is 13.2 Å². The van der Waals surface area contributed by atoms with Crippen molar-refractivity contribution in [2.45, 2.75) is 45.2 Å². The van der Waals surface area contributed by atoms with Crippen LogP contribution in [0.4, 0.5) is 0 Å². The standard InChI is InChI=1S/C15H26N2O3S/c1-6-17(7-2)21(18,19)15-10-13(11-16-12(3)4)8-9-14(15)20-5/h8-10,12,16H,6-7,11H2,1-5H3. The molecule has 0 aromatic heterocycles. The first-order chi connectivity index (χ1) is 9.86. The molecule has 1 aromatic carbocycles. The molecule has 0 heterocycles. The van der Waals surface area contributed by atoms with Crippen molar-refractivity contribution in [1.82, 2.24) is 9.62 Å². The quantitative estimate of drug-likeness (QED) is 0.799. The molecule has 5 nitrogen and oxygen atoms in total. The molecule has 0 saturated heterocycles. The monoisotopic (exact) mass is 314 g/mol. The Morgan fingerprint density at radius 2 is 1.86 bits per heavy atom. The number of benzene rings is 1. The van der Waals surface area contributed by atoms with E-state index in [4.69, 9.17) is 4.74 Å². The Kier molecular flexibility index (Phi) is 6.64. The van der Waals surface area contributed by atoms with E-state index in [0.717, 1.165) is 5.56 Å². The lowest BCUT2D eigenvalue weighted by atomic mass is 10.2. The van der Waals surface area contributed by atoms with Gasteiger partial charge in [0.05, 0.1) is 7.11 Å². The molecular formula is C15H26N2O3S. The normalized spacial score (nSPS) is 12.1. The highest BCUT2D eigenvalue weighted by Crippen LogP contribution is 2.27. The maximum atomic E-state index is 12.7. The van der Waals surface area contributed by atoms with Crippen LogP contribution in [0.25, 0.3) is 0 Å². The Morgan fingerprint density at radius 1 is 1.24 bits per heavy atom. The van der Waals surface area contributed by atoms with Gasteiger partial charge in [0.1, 0.15) is 10.6 Å². The molecule has 1 rings (SSSR count). The van der Waals surface area contributed by atoms with E-state index in [1.807, 2.05) is 19.9 Å². The lowest BCUT2D eigenvalue weighted by Crippen LogP contribution is -2.31. The highest BCUT2D eigenvalue weighted by atomic mass is 32.2. The van der Waals surface area contributed by atoms with Gasteiger partial charge in [0, 0.05) is 25.7 Å². The van der Waals surface area contributed by atoms with Gasteiger partial charge >= 0.3 is 0 Å². The van der Waals surface area contributed by atoms with E-state index in [1.165, 1.54) is 11.4 Å². The predicted molar refractivity (Wildman–Crippen MR) is 85.1 cm³/mol. The number of rotatable bonds is 8. The van der Waals surface area contributed by atoms with Crippen LogP contribution in [-0.2, 0) is 16.6 Å². The van der Waals surface area contributed by atoms with Crippen molar-refractivity contribution in [3.63, 3.8) is 0 Å². The number of ether oxygens (including phenoxy) is 1. The molecule has 0 unspecified atom stereocenters. The molecule has 0 bridgehead atoms. The summed E-state index contributed by atoms with van der Waals surface area (Å²) in [4.78, 5) is 0.233. The largest absolute Gasteiger partial charge is 0.495 e. The fraction of sp³-hybridized carbons (Fsp3) is 0.600. The average Bonchev–Trinajstić information content (AvgIpc) is 2.45. The summed E-state index contributed by atoms with van der Waals surface area (Å²) in [6.45, 7) is 9.28. The topological polar surface area (TPSA) is 58.6 Å². The first-order valence-electron chi connectivity index (χ1n) is 7.27. The van der Waals surface area contributed by atoms with E-state index >= 15 is 0 Å². The second kappa shape index (κ2) is 7.77. The molecule has 0 amide bonds. The Bertz CT molecular complexity index is 552. The first-order valence-corrected chi connectivity index (χ1v) is 8.71. The van der Waals surface area contributed by atoms with Gasteiger partial charge in [-0.05, 0) is 17.7 Å². The van der Waals surface area contributed by atoms with E-state index < -0.39 is 10.0 Å². The molecule has 0 fully saturated rings. The van der Waals surface area contributed by atoms with Crippen molar-refractivity contribution in [1.29, 1.82) is 0 Å². The van der Waals surface area contributed by atoms with Gasteiger partial charge in [-0.2, -0.15) is 4.31 Å². The van der Waals surface area contributed by atoms with Crippen LogP contribution in [0.15, 0.2) is 23.1 Å². The number of sulfonamides is 1. The zero-order chi connectivity index (χ0) is 16.0. The molecule has 1 aromatic rings. The summed E-state index contributed by atoms with van der Waals surface area (Å²) in [5.74, 6) is 0.384. The lowest BCUT2D eigenvalue weighted by Gasteiger charge is -2.20. The Labute approximate surface area is 128 Å². The minimum absolute atomic E-state index is 0.233. The summed E-state index contributed by atoms with van der Waals surface area (Å²) >= 11 is 0. The third-order valence-electron chi connectivity index (χ3n) is 3.27. The smallest absolute Gasteiger partial charge is 0.246 e.